The van der Waals surface area contributed by atoms with Gasteiger partial charge in [0.25, 0.3) is 0 Å². The van der Waals surface area contributed by atoms with Gasteiger partial charge in [0.05, 0.1) is 6.61 Å². The van der Waals surface area contributed by atoms with Crippen molar-refractivity contribution in [3.8, 4) is 5.75 Å². The average molecular weight is 269 g/mol. The van der Waals surface area contributed by atoms with Crippen LogP contribution in [0.3, 0.4) is 0 Å². The molecule has 0 amide bonds. The van der Waals surface area contributed by atoms with Crippen molar-refractivity contribution in [2.24, 2.45) is 11.7 Å². The van der Waals surface area contributed by atoms with E-state index in [1.807, 2.05) is 49.4 Å². The lowest BCUT2D eigenvalue weighted by Crippen LogP contribution is -2.18. The molecule has 0 bridgehead atoms. The highest BCUT2D eigenvalue weighted by atomic mass is 16.5. The molecule has 0 aliphatic carbocycles. The third kappa shape index (κ3) is 3.68. The standard InChI is InChI=1S/C17H19NO2/c1-13(11-18)12-20-16-9-7-15(8-10-16)17(19)14-5-3-2-4-6-14/h2-10,13H,11-12,18H2,1H3. The molecule has 0 saturated heterocycles. The van der Waals surface area contributed by atoms with Crippen LogP contribution in [0, 0.1) is 5.92 Å². The smallest absolute Gasteiger partial charge is 0.193 e. The van der Waals surface area contributed by atoms with E-state index >= 15 is 0 Å². The Morgan fingerprint density at radius 2 is 1.65 bits per heavy atom. The van der Waals surface area contributed by atoms with Crippen LogP contribution in [0.15, 0.2) is 54.6 Å². The third-order valence-electron chi connectivity index (χ3n) is 3.09. The van der Waals surface area contributed by atoms with Gasteiger partial charge in [-0.05, 0) is 30.8 Å². The van der Waals surface area contributed by atoms with E-state index in [2.05, 4.69) is 0 Å². The minimum atomic E-state index is 0.0208. The molecule has 3 nitrogen and oxygen atoms in total. The highest BCUT2D eigenvalue weighted by molar-refractivity contribution is 6.08. The summed E-state index contributed by atoms with van der Waals surface area (Å²) in [4.78, 5) is 12.2. The molecule has 0 fully saturated rings. The lowest BCUT2D eigenvalue weighted by molar-refractivity contribution is 0.103. The number of carbonyl (C=O) groups is 1. The van der Waals surface area contributed by atoms with Crippen molar-refractivity contribution >= 4 is 5.78 Å². The average Bonchev–Trinajstić information content (AvgIpc) is 2.53. The van der Waals surface area contributed by atoms with E-state index in [1.54, 1.807) is 12.1 Å². The summed E-state index contributed by atoms with van der Waals surface area (Å²) < 4.78 is 5.61. The number of benzene rings is 2. The summed E-state index contributed by atoms with van der Waals surface area (Å²) in [7, 11) is 0. The summed E-state index contributed by atoms with van der Waals surface area (Å²) >= 11 is 0. The van der Waals surface area contributed by atoms with E-state index in [0.29, 0.717) is 30.2 Å². The molecule has 0 aliphatic heterocycles. The fourth-order valence-corrected chi connectivity index (χ4v) is 1.77. The van der Waals surface area contributed by atoms with Gasteiger partial charge in [0.15, 0.2) is 5.78 Å². The fraction of sp³-hybridized carbons (Fsp3) is 0.235. The van der Waals surface area contributed by atoms with Gasteiger partial charge in [0.2, 0.25) is 0 Å². The summed E-state index contributed by atoms with van der Waals surface area (Å²) in [6, 6.07) is 16.5. The minimum absolute atomic E-state index is 0.0208. The summed E-state index contributed by atoms with van der Waals surface area (Å²) in [5, 5.41) is 0. The molecule has 2 N–H and O–H groups in total. The van der Waals surface area contributed by atoms with Gasteiger partial charge in [-0.2, -0.15) is 0 Å². The SMILES string of the molecule is CC(CN)COc1ccc(C(=O)c2ccccc2)cc1. The molecule has 2 rings (SSSR count). The quantitative estimate of drug-likeness (QED) is 0.820. The molecule has 2 aromatic rings. The van der Waals surface area contributed by atoms with Gasteiger partial charge in [-0.25, -0.2) is 0 Å². The number of carbonyl (C=O) groups excluding carboxylic acids is 1. The molecule has 0 heterocycles. The predicted molar refractivity (Wildman–Crippen MR) is 80.0 cm³/mol. The lowest BCUT2D eigenvalue weighted by Gasteiger charge is -2.11. The summed E-state index contributed by atoms with van der Waals surface area (Å²) in [6.07, 6.45) is 0. The Balaban J connectivity index is 2.03. The molecule has 20 heavy (non-hydrogen) atoms. The molecule has 1 atom stereocenters. The first kappa shape index (κ1) is 14.3. The Labute approximate surface area is 119 Å². The number of ketones is 1. The topological polar surface area (TPSA) is 52.3 Å². The van der Waals surface area contributed by atoms with Gasteiger partial charge in [-0.3, -0.25) is 4.79 Å². The summed E-state index contributed by atoms with van der Waals surface area (Å²) in [5.74, 6) is 1.10. The molecule has 3 heteroatoms. The van der Waals surface area contributed by atoms with Crippen molar-refractivity contribution in [2.75, 3.05) is 13.2 Å². The zero-order valence-electron chi connectivity index (χ0n) is 11.6. The zero-order chi connectivity index (χ0) is 14.4. The van der Waals surface area contributed by atoms with Crippen molar-refractivity contribution in [3.63, 3.8) is 0 Å². The second-order valence-corrected chi connectivity index (χ2v) is 4.87. The Morgan fingerprint density at radius 1 is 1.05 bits per heavy atom. The first-order chi connectivity index (χ1) is 9.70. The number of ether oxygens (including phenoxy) is 1. The van der Waals surface area contributed by atoms with E-state index in [9.17, 15) is 4.79 Å². The summed E-state index contributed by atoms with van der Waals surface area (Å²) in [6.45, 7) is 3.22. The van der Waals surface area contributed by atoms with E-state index in [1.165, 1.54) is 0 Å². The highest BCUT2D eigenvalue weighted by Gasteiger charge is 2.08. The van der Waals surface area contributed by atoms with Crippen LogP contribution in [0.5, 0.6) is 5.75 Å². The minimum Gasteiger partial charge on any atom is -0.493 e. The van der Waals surface area contributed by atoms with Gasteiger partial charge < -0.3 is 10.5 Å². The maximum atomic E-state index is 12.2. The van der Waals surface area contributed by atoms with Gasteiger partial charge in [-0.1, -0.05) is 37.3 Å². The molecular weight excluding hydrogens is 250 g/mol. The maximum absolute atomic E-state index is 12.2. The normalized spacial score (nSPS) is 11.9. The van der Waals surface area contributed by atoms with E-state index in [-0.39, 0.29) is 5.78 Å². The maximum Gasteiger partial charge on any atom is 0.193 e. The van der Waals surface area contributed by atoms with Crippen LogP contribution in [-0.2, 0) is 0 Å². The van der Waals surface area contributed by atoms with Crippen molar-refractivity contribution in [3.05, 3.63) is 65.7 Å². The predicted octanol–water partition coefficient (Wildman–Crippen LogP) is 2.89. The number of nitrogens with two attached hydrogens (primary N) is 1. The van der Waals surface area contributed by atoms with Crippen molar-refractivity contribution in [1.29, 1.82) is 0 Å². The van der Waals surface area contributed by atoms with Crippen LogP contribution in [-0.4, -0.2) is 18.9 Å². The Kier molecular flexibility index (Phi) is 4.91. The summed E-state index contributed by atoms with van der Waals surface area (Å²) in [5.41, 5.74) is 6.89. The van der Waals surface area contributed by atoms with Crippen LogP contribution < -0.4 is 10.5 Å². The van der Waals surface area contributed by atoms with Crippen molar-refractivity contribution < 1.29 is 9.53 Å². The Bertz CT molecular complexity index is 549. The van der Waals surface area contributed by atoms with Gasteiger partial charge in [0, 0.05) is 17.0 Å². The first-order valence-corrected chi connectivity index (χ1v) is 6.73. The zero-order valence-corrected chi connectivity index (χ0v) is 11.6. The van der Waals surface area contributed by atoms with Gasteiger partial charge >= 0.3 is 0 Å². The van der Waals surface area contributed by atoms with Crippen LogP contribution in [0.4, 0.5) is 0 Å². The Hall–Kier alpha value is -2.13. The highest BCUT2D eigenvalue weighted by Crippen LogP contribution is 2.16. The molecule has 2 aromatic carbocycles. The molecule has 1 unspecified atom stereocenters. The second kappa shape index (κ2) is 6.87. The third-order valence-corrected chi connectivity index (χ3v) is 3.09. The first-order valence-electron chi connectivity index (χ1n) is 6.73. The van der Waals surface area contributed by atoms with Gasteiger partial charge in [-0.15, -0.1) is 0 Å². The monoisotopic (exact) mass is 269 g/mol. The van der Waals surface area contributed by atoms with E-state index in [4.69, 9.17) is 10.5 Å². The van der Waals surface area contributed by atoms with Crippen molar-refractivity contribution in [2.45, 2.75) is 6.92 Å². The van der Waals surface area contributed by atoms with Crippen LogP contribution in [0.1, 0.15) is 22.8 Å². The molecule has 0 saturated carbocycles. The molecular formula is C17H19NO2. The van der Waals surface area contributed by atoms with Crippen LogP contribution in [0.2, 0.25) is 0 Å². The number of rotatable bonds is 6. The lowest BCUT2D eigenvalue weighted by atomic mass is 10.0. The largest absolute Gasteiger partial charge is 0.493 e. The van der Waals surface area contributed by atoms with E-state index < -0.39 is 0 Å². The molecule has 0 spiro atoms. The molecule has 104 valence electrons. The number of hydrogen-bond donors (Lipinski definition) is 1. The molecule has 0 aliphatic rings. The fourth-order valence-electron chi connectivity index (χ4n) is 1.77. The van der Waals surface area contributed by atoms with E-state index in [0.717, 1.165) is 5.75 Å². The molecule has 0 radical (unpaired) electrons. The molecule has 0 aromatic heterocycles. The van der Waals surface area contributed by atoms with Gasteiger partial charge in [0.1, 0.15) is 5.75 Å². The van der Waals surface area contributed by atoms with Crippen LogP contribution >= 0.6 is 0 Å². The van der Waals surface area contributed by atoms with Crippen molar-refractivity contribution in [1.82, 2.24) is 0 Å². The van der Waals surface area contributed by atoms with Crippen LogP contribution in [0.25, 0.3) is 0 Å². The number of hydrogen-bond acceptors (Lipinski definition) is 3. The Morgan fingerprint density at radius 3 is 2.25 bits per heavy atom. The second-order valence-electron chi connectivity index (χ2n) is 4.87.